The van der Waals surface area contributed by atoms with Gasteiger partial charge in [-0.15, -0.1) is 0 Å². The molecule has 3 rings (SSSR count). The third-order valence-corrected chi connectivity index (χ3v) is 4.68. The first-order valence-corrected chi connectivity index (χ1v) is 7.27. The highest BCUT2D eigenvalue weighted by Crippen LogP contribution is 2.44. The van der Waals surface area contributed by atoms with Crippen LogP contribution in [0.4, 0.5) is 5.69 Å². The number of aromatic carboxylic acids is 1. The van der Waals surface area contributed by atoms with Crippen molar-refractivity contribution in [3.63, 3.8) is 0 Å². The lowest BCUT2D eigenvalue weighted by molar-refractivity contribution is 0.0697. The van der Waals surface area contributed by atoms with E-state index in [1.807, 2.05) is 12.1 Å². The highest BCUT2D eigenvalue weighted by molar-refractivity contribution is 5.88. The van der Waals surface area contributed by atoms with E-state index in [9.17, 15) is 4.79 Å². The predicted molar refractivity (Wildman–Crippen MR) is 75.7 cm³/mol. The van der Waals surface area contributed by atoms with Crippen LogP contribution in [0.2, 0.25) is 0 Å². The summed E-state index contributed by atoms with van der Waals surface area (Å²) < 4.78 is 0. The van der Waals surface area contributed by atoms with Gasteiger partial charge < -0.3 is 10.0 Å². The van der Waals surface area contributed by atoms with E-state index in [2.05, 4.69) is 4.90 Å². The predicted octanol–water partition coefficient (Wildman–Crippen LogP) is 3.55. The van der Waals surface area contributed by atoms with E-state index < -0.39 is 5.97 Å². The zero-order valence-corrected chi connectivity index (χ0v) is 11.3. The molecular weight excluding hydrogens is 238 g/mol. The van der Waals surface area contributed by atoms with Gasteiger partial charge in [0.05, 0.1) is 5.56 Å². The van der Waals surface area contributed by atoms with Gasteiger partial charge in [0.15, 0.2) is 0 Å². The van der Waals surface area contributed by atoms with Crippen LogP contribution in [-0.2, 0) is 0 Å². The van der Waals surface area contributed by atoms with Gasteiger partial charge in [-0.05, 0) is 31.0 Å². The van der Waals surface area contributed by atoms with Crippen molar-refractivity contribution in [2.24, 2.45) is 5.41 Å². The summed E-state index contributed by atoms with van der Waals surface area (Å²) >= 11 is 0. The molecule has 19 heavy (non-hydrogen) atoms. The SMILES string of the molecule is O=C(O)c1cccc(N2CC3(CCCCCC3)C2)c1. The first-order valence-electron chi connectivity index (χ1n) is 7.27. The number of benzene rings is 1. The molecule has 2 fully saturated rings. The van der Waals surface area contributed by atoms with E-state index in [1.54, 1.807) is 12.1 Å². The Morgan fingerprint density at radius 3 is 2.42 bits per heavy atom. The van der Waals surface area contributed by atoms with Gasteiger partial charge in [0.1, 0.15) is 0 Å². The minimum atomic E-state index is -0.841. The molecule has 1 heterocycles. The number of anilines is 1. The van der Waals surface area contributed by atoms with Crippen LogP contribution in [0.1, 0.15) is 48.9 Å². The van der Waals surface area contributed by atoms with Gasteiger partial charge in [-0.1, -0.05) is 31.7 Å². The van der Waals surface area contributed by atoms with Crippen LogP contribution in [-0.4, -0.2) is 24.2 Å². The third-order valence-electron chi connectivity index (χ3n) is 4.68. The fraction of sp³-hybridized carbons (Fsp3) is 0.562. The molecule has 1 aromatic carbocycles. The average Bonchev–Trinajstić information content (AvgIpc) is 2.62. The second kappa shape index (κ2) is 4.87. The summed E-state index contributed by atoms with van der Waals surface area (Å²) in [4.78, 5) is 13.3. The Balaban J connectivity index is 1.69. The first-order chi connectivity index (χ1) is 9.19. The highest BCUT2D eigenvalue weighted by Gasteiger charge is 2.42. The minimum absolute atomic E-state index is 0.388. The molecule has 0 bridgehead atoms. The minimum Gasteiger partial charge on any atom is -0.478 e. The Labute approximate surface area is 114 Å². The van der Waals surface area contributed by atoms with Crippen LogP contribution in [0.5, 0.6) is 0 Å². The maximum Gasteiger partial charge on any atom is 0.335 e. The van der Waals surface area contributed by atoms with Gasteiger partial charge in [0.25, 0.3) is 0 Å². The summed E-state index contributed by atoms with van der Waals surface area (Å²) in [6.45, 7) is 2.21. The second-order valence-electron chi connectivity index (χ2n) is 6.13. The van der Waals surface area contributed by atoms with E-state index in [-0.39, 0.29) is 0 Å². The Morgan fingerprint density at radius 2 is 1.79 bits per heavy atom. The summed E-state index contributed by atoms with van der Waals surface area (Å²) in [5, 5.41) is 9.04. The molecule has 1 aromatic rings. The number of carbonyl (C=O) groups is 1. The topological polar surface area (TPSA) is 40.5 Å². The van der Waals surface area contributed by atoms with Crippen LogP contribution in [0.3, 0.4) is 0 Å². The van der Waals surface area contributed by atoms with E-state index in [0.29, 0.717) is 11.0 Å². The van der Waals surface area contributed by atoms with Crippen molar-refractivity contribution in [3.8, 4) is 0 Å². The van der Waals surface area contributed by atoms with Crippen molar-refractivity contribution in [1.82, 2.24) is 0 Å². The number of hydrogen-bond acceptors (Lipinski definition) is 2. The molecule has 0 aromatic heterocycles. The Kier molecular flexibility index (Phi) is 3.21. The zero-order valence-electron chi connectivity index (χ0n) is 11.3. The van der Waals surface area contributed by atoms with Crippen LogP contribution in [0.25, 0.3) is 0 Å². The molecule has 3 heteroatoms. The first kappa shape index (κ1) is 12.5. The van der Waals surface area contributed by atoms with E-state index in [0.717, 1.165) is 18.8 Å². The molecule has 1 N–H and O–H groups in total. The largest absolute Gasteiger partial charge is 0.478 e. The molecular formula is C16H21NO2. The van der Waals surface area contributed by atoms with Gasteiger partial charge in [-0.2, -0.15) is 0 Å². The molecule has 102 valence electrons. The average molecular weight is 259 g/mol. The van der Waals surface area contributed by atoms with Gasteiger partial charge in [-0.3, -0.25) is 0 Å². The molecule has 3 nitrogen and oxygen atoms in total. The van der Waals surface area contributed by atoms with E-state index in [1.165, 1.54) is 38.5 Å². The highest BCUT2D eigenvalue weighted by atomic mass is 16.4. The zero-order chi connectivity index (χ0) is 13.3. The molecule has 1 spiro atoms. The summed E-state index contributed by atoms with van der Waals surface area (Å²) in [5.74, 6) is -0.841. The van der Waals surface area contributed by atoms with Gasteiger partial charge >= 0.3 is 5.97 Å². The van der Waals surface area contributed by atoms with Gasteiger partial charge in [0.2, 0.25) is 0 Å². The van der Waals surface area contributed by atoms with Crippen molar-refractivity contribution in [3.05, 3.63) is 29.8 Å². The molecule has 0 unspecified atom stereocenters. The van der Waals surface area contributed by atoms with E-state index >= 15 is 0 Å². The molecule has 1 saturated carbocycles. The summed E-state index contributed by atoms with van der Waals surface area (Å²) in [6.07, 6.45) is 8.20. The van der Waals surface area contributed by atoms with Crippen molar-refractivity contribution in [1.29, 1.82) is 0 Å². The number of nitrogens with zero attached hydrogens (tertiary/aromatic N) is 1. The van der Waals surface area contributed by atoms with Gasteiger partial charge in [0, 0.05) is 24.2 Å². The van der Waals surface area contributed by atoms with Crippen molar-refractivity contribution < 1.29 is 9.90 Å². The lowest BCUT2D eigenvalue weighted by atomic mass is 9.73. The van der Waals surface area contributed by atoms with Crippen molar-refractivity contribution in [2.45, 2.75) is 38.5 Å². The number of rotatable bonds is 2. The smallest absolute Gasteiger partial charge is 0.335 e. The lowest BCUT2D eigenvalue weighted by Gasteiger charge is -2.51. The molecule has 0 amide bonds. The van der Waals surface area contributed by atoms with Crippen LogP contribution in [0.15, 0.2) is 24.3 Å². The van der Waals surface area contributed by atoms with Crippen molar-refractivity contribution in [2.75, 3.05) is 18.0 Å². The van der Waals surface area contributed by atoms with Crippen LogP contribution >= 0.6 is 0 Å². The summed E-state index contributed by atoms with van der Waals surface area (Å²) in [6, 6.07) is 7.33. The quantitative estimate of drug-likeness (QED) is 0.883. The van der Waals surface area contributed by atoms with Gasteiger partial charge in [-0.25, -0.2) is 4.79 Å². The summed E-state index contributed by atoms with van der Waals surface area (Å²) in [7, 11) is 0. The Morgan fingerprint density at radius 1 is 1.11 bits per heavy atom. The number of hydrogen-bond donors (Lipinski definition) is 1. The molecule has 0 atom stereocenters. The summed E-state index contributed by atoms with van der Waals surface area (Å²) in [5.41, 5.74) is 1.98. The van der Waals surface area contributed by atoms with Crippen LogP contribution < -0.4 is 4.90 Å². The lowest BCUT2D eigenvalue weighted by Crippen LogP contribution is -2.56. The fourth-order valence-corrected chi connectivity index (χ4v) is 3.58. The molecule has 1 saturated heterocycles. The molecule has 0 radical (unpaired) electrons. The molecule has 1 aliphatic carbocycles. The maximum absolute atomic E-state index is 11.0. The van der Waals surface area contributed by atoms with Crippen LogP contribution in [0, 0.1) is 5.41 Å². The Bertz CT molecular complexity index is 467. The maximum atomic E-state index is 11.0. The van der Waals surface area contributed by atoms with E-state index in [4.69, 9.17) is 5.11 Å². The fourth-order valence-electron chi connectivity index (χ4n) is 3.58. The number of carboxylic acid groups (broad SMARTS) is 1. The Hall–Kier alpha value is -1.51. The normalized spacial score (nSPS) is 21.8. The second-order valence-corrected chi connectivity index (χ2v) is 6.13. The molecule has 2 aliphatic rings. The molecule has 1 aliphatic heterocycles. The van der Waals surface area contributed by atoms with Crippen molar-refractivity contribution >= 4 is 11.7 Å². The number of carboxylic acids is 1. The third kappa shape index (κ3) is 2.46. The monoisotopic (exact) mass is 259 g/mol. The standard InChI is InChI=1S/C16H21NO2/c18-15(19)13-6-5-7-14(10-13)17-11-16(12-17)8-3-1-2-4-9-16/h5-7,10H,1-4,8-9,11-12H2,(H,18,19).